The van der Waals surface area contributed by atoms with Crippen molar-refractivity contribution in [1.82, 2.24) is 4.98 Å². The van der Waals surface area contributed by atoms with Crippen molar-refractivity contribution < 1.29 is 0 Å². The molecule has 3 atom stereocenters. The molecule has 1 aliphatic rings. The van der Waals surface area contributed by atoms with E-state index in [1.807, 2.05) is 12.1 Å². The minimum Gasteiger partial charge on any atom is -0.380 e. The van der Waals surface area contributed by atoms with Gasteiger partial charge in [-0.1, -0.05) is 25.4 Å². The molecule has 0 spiro atoms. The summed E-state index contributed by atoms with van der Waals surface area (Å²) in [6.45, 7) is 4.65. The molecule has 2 nitrogen and oxygen atoms in total. The third-order valence-electron chi connectivity index (χ3n) is 3.53. The van der Waals surface area contributed by atoms with Gasteiger partial charge in [0.25, 0.3) is 0 Å². The van der Waals surface area contributed by atoms with Gasteiger partial charge < -0.3 is 5.32 Å². The Hall–Kier alpha value is -0.760. The highest BCUT2D eigenvalue weighted by Gasteiger charge is 2.25. The molecule has 1 fully saturated rings. The molecule has 3 unspecified atom stereocenters. The molecule has 1 N–H and O–H groups in total. The van der Waals surface area contributed by atoms with E-state index in [4.69, 9.17) is 11.6 Å². The minimum atomic E-state index is 0.540. The summed E-state index contributed by atoms with van der Waals surface area (Å²) in [5, 5.41) is 4.10. The lowest BCUT2D eigenvalue weighted by Gasteiger charge is -2.33. The number of hydrogen-bond acceptors (Lipinski definition) is 2. The van der Waals surface area contributed by atoms with E-state index in [1.54, 1.807) is 6.20 Å². The number of pyridine rings is 1. The Morgan fingerprint density at radius 1 is 1.38 bits per heavy atom. The molecule has 1 aromatic rings. The van der Waals surface area contributed by atoms with Crippen molar-refractivity contribution in [1.29, 1.82) is 0 Å². The summed E-state index contributed by atoms with van der Waals surface area (Å²) in [7, 11) is 0. The lowest BCUT2D eigenvalue weighted by molar-refractivity contribution is 0.276. The van der Waals surface area contributed by atoms with Crippen LogP contribution in [0, 0.1) is 11.8 Å². The fourth-order valence-electron chi connectivity index (χ4n) is 2.57. The van der Waals surface area contributed by atoms with Gasteiger partial charge >= 0.3 is 0 Å². The normalized spacial score (nSPS) is 30.1. The molecule has 0 amide bonds. The highest BCUT2D eigenvalue weighted by atomic mass is 35.5. The predicted octanol–water partition coefficient (Wildman–Crippen LogP) is 3.97. The van der Waals surface area contributed by atoms with Crippen LogP contribution in [-0.4, -0.2) is 11.0 Å². The molecule has 1 aliphatic carbocycles. The summed E-state index contributed by atoms with van der Waals surface area (Å²) in [6.07, 6.45) is 5.56. The van der Waals surface area contributed by atoms with Crippen LogP contribution in [-0.2, 0) is 0 Å². The SMILES string of the molecule is CC1CCC(Nc2cccnc2Cl)C(C)C1. The van der Waals surface area contributed by atoms with Gasteiger partial charge in [-0.25, -0.2) is 4.98 Å². The van der Waals surface area contributed by atoms with Crippen LogP contribution in [0.4, 0.5) is 5.69 Å². The van der Waals surface area contributed by atoms with Crippen molar-refractivity contribution in [3.8, 4) is 0 Å². The first-order chi connectivity index (χ1) is 7.66. The van der Waals surface area contributed by atoms with E-state index in [2.05, 4.69) is 24.1 Å². The van der Waals surface area contributed by atoms with E-state index in [-0.39, 0.29) is 0 Å². The molecule has 0 aromatic carbocycles. The summed E-state index contributed by atoms with van der Waals surface area (Å²) >= 11 is 6.05. The Balaban J connectivity index is 2.02. The zero-order valence-electron chi connectivity index (χ0n) is 9.91. The summed E-state index contributed by atoms with van der Waals surface area (Å²) in [5.74, 6) is 1.57. The lowest BCUT2D eigenvalue weighted by atomic mass is 9.80. The Labute approximate surface area is 102 Å². The van der Waals surface area contributed by atoms with Crippen molar-refractivity contribution in [3.05, 3.63) is 23.5 Å². The summed E-state index contributed by atoms with van der Waals surface area (Å²) in [6, 6.07) is 4.46. The highest BCUT2D eigenvalue weighted by molar-refractivity contribution is 6.31. The molecule has 1 saturated carbocycles. The van der Waals surface area contributed by atoms with E-state index >= 15 is 0 Å². The van der Waals surface area contributed by atoms with E-state index in [0.29, 0.717) is 17.1 Å². The molecule has 1 aromatic heterocycles. The van der Waals surface area contributed by atoms with Gasteiger partial charge in [0, 0.05) is 12.2 Å². The third-order valence-corrected chi connectivity index (χ3v) is 3.83. The van der Waals surface area contributed by atoms with Gasteiger partial charge in [-0.2, -0.15) is 0 Å². The zero-order chi connectivity index (χ0) is 11.5. The van der Waals surface area contributed by atoms with Crippen LogP contribution in [0.5, 0.6) is 0 Å². The van der Waals surface area contributed by atoms with Crippen molar-refractivity contribution in [2.45, 2.75) is 39.2 Å². The molecule has 88 valence electrons. The Bertz CT molecular complexity index is 354. The fraction of sp³-hybridized carbons (Fsp3) is 0.615. The number of halogens is 1. The van der Waals surface area contributed by atoms with E-state index in [0.717, 1.165) is 11.6 Å². The van der Waals surface area contributed by atoms with E-state index < -0.39 is 0 Å². The number of nitrogens with zero attached hydrogens (tertiary/aromatic N) is 1. The molecule has 0 radical (unpaired) electrons. The smallest absolute Gasteiger partial charge is 0.152 e. The molecule has 0 bridgehead atoms. The molecule has 0 aliphatic heterocycles. The van der Waals surface area contributed by atoms with Gasteiger partial charge in [0.15, 0.2) is 5.15 Å². The Morgan fingerprint density at radius 2 is 2.19 bits per heavy atom. The zero-order valence-corrected chi connectivity index (χ0v) is 10.7. The molecular weight excluding hydrogens is 220 g/mol. The maximum Gasteiger partial charge on any atom is 0.152 e. The van der Waals surface area contributed by atoms with Gasteiger partial charge in [-0.05, 0) is 43.2 Å². The predicted molar refractivity (Wildman–Crippen MR) is 68.8 cm³/mol. The van der Waals surface area contributed by atoms with Crippen LogP contribution in [0.1, 0.15) is 33.1 Å². The van der Waals surface area contributed by atoms with Gasteiger partial charge in [-0.15, -0.1) is 0 Å². The lowest BCUT2D eigenvalue weighted by Crippen LogP contribution is -2.33. The summed E-state index contributed by atoms with van der Waals surface area (Å²) < 4.78 is 0. The maximum absolute atomic E-state index is 6.05. The topological polar surface area (TPSA) is 24.9 Å². The summed E-state index contributed by atoms with van der Waals surface area (Å²) in [4.78, 5) is 4.09. The van der Waals surface area contributed by atoms with Crippen LogP contribution in [0.15, 0.2) is 18.3 Å². The van der Waals surface area contributed by atoms with Crippen LogP contribution in [0.25, 0.3) is 0 Å². The second-order valence-corrected chi connectivity index (χ2v) is 5.35. The van der Waals surface area contributed by atoms with Crippen molar-refractivity contribution in [2.75, 3.05) is 5.32 Å². The van der Waals surface area contributed by atoms with Crippen LogP contribution in [0.3, 0.4) is 0 Å². The summed E-state index contributed by atoms with van der Waals surface area (Å²) in [5.41, 5.74) is 0.968. The first-order valence-electron chi connectivity index (χ1n) is 6.04. The fourth-order valence-corrected chi connectivity index (χ4v) is 2.75. The maximum atomic E-state index is 6.05. The third kappa shape index (κ3) is 2.67. The number of rotatable bonds is 2. The monoisotopic (exact) mass is 238 g/mol. The van der Waals surface area contributed by atoms with Crippen molar-refractivity contribution >= 4 is 17.3 Å². The average molecular weight is 239 g/mol. The van der Waals surface area contributed by atoms with Gasteiger partial charge in [0.2, 0.25) is 0 Å². The van der Waals surface area contributed by atoms with Gasteiger partial charge in [0.05, 0.1) is 5.69 Å². The largest absolute Gasteiger partial charge is 0.380 e. The molecule has 16 heavy (non-hydrogen) atoms. The van der Waals surface area contributed by atoms with Crippen LogP contribution in [0.2, 0.25) is 5.15 Å². The quantitative estimate of drug-likeness (QED) is 0.789. The average Bonchev–Trinajstić information content (AvgIpc) is 2.25. The standard InChI is InChI=1S/C13H19ClN2/c1-9-5-6-11(10(2)8-9)16-12-4-3-7-15-13(12)14/h3-4,7,9-11,16H,5-6,8H2,1-2H3. The molecular formula is C13H19ClN2. The van der Waals surface area contributed by atoms with Crippen molar-refractivity contribution in [3.63, 3.8) is 0 Å². The molecule has 2 rings (SSSR count). The van der Waals surface area contributed by atoms with Gasteiger partial charge in [-0.3, -0.25) is 0 Å². The minimum absolute atomic E-state index is 0.540. The second-order valence-electron chi connectivity index (χ2n) is 4.99. The van der Waals surface area contributed by atoms with Crippen LogP contribution >= 0.6 is 11.6 Å². The number of anilines is 1. The van der Waals surface area contributed by atoms with Crippen molar-refractivity contribution in [2.24, 2.45) is 11.8 Å². The number of hydrogen-bond donors (Lipinski definition) is 1. The molecule has 0 saturated heterocycles. The highest BCUT2D eigenvalue weighted by Crippen LogP contribution is 2.31. The van der Waals surface area contributed by atoms with E-state index in [1.165, 1.54) is 19.3 Å². The van der Waals surface area contributed by atoms with Gasteiger partial charge in [0.1, 0.15) is 0 Å². The first kappa shape index (κ1) is 11.7. The molecule has 1 heterocycles. The second kappa shape index (κ2) is 5.05. The molecule has 3 heteroatoms. The number of nitrogens with one attached hydrogen (secondary N) is 1. The Morgan fingerprint density at radius 3 is 2.88 bits per heavy atom. The van der Waals surface area contributed by atoms with E-state index in [9.17, 15) is 0 Å². The first-order valence-corrected chi connectivity index (χ1v) is 6.41. The van der Waals surface area contributed by atoms with Crippen LogP contribution < -0.4 is 5.32 Å². The number of aromatic nitrogens is 1. The Kier molecular flexibility index (Phi) is 3.70.